The van der Waals surface area contributed by atoms with Gasteiger partial charge in [-0.1, -0.05) is 30.7 Å². The Morgan fingerprint density at radius 1 is 1.52 bits per heavy atom. The van der Waals surface area contributed by atoms with Gasteiger partial charge in [-0.3, -0.25) is 4.79 Å². The summed E-state index contributed by atoms with van der Waals surface area (Å²) in [7, 11) is 0. The van der Waals surface area contributed by atoms with Gasteiger partial charge in [-0.05, 0) is 30.7 Å². The number of allylic oxidation sites excluding steroid dienone is 3. The van der Waals surface area contributed by atoms with E-state index < -0.39 is 0 Å². The lowest BCUT2D eigenvalue weighted by Crippen LogP contribution is -2.31. The number of halogens is 2. The van der Waals surface area contributed by atoms with Crippen LogP contribution in [0, 0.1) is 29.0 Å². The molecule has 1 aromatic heterocycles. The first-order valence-electron chi connectivity index (χ1n) is 8.00. The summed E-state index contributed by atoms with van der Waals surface area (Å²) in [5.74, 6) is -1.09. The Labute approximate surface area is 150 Å². The van der Waals surface area contributed by atoms with Crippen molar-refractivity contribution >= 4 is 28.4 Å². The van der Waals surface area contributed by atoms with Crippen molar-refractivity contribution < 1.29 is 9.18 Å². The van der Waals surface area contributed by atoms with Crippen LogP contribution in [0.25, 0.3) is 10.9 Å². The second-order valence-corrected chi connectivity index (χ2v) is 6.57. The van der Waals surface area contributed by atoms with Gasteiger partial charge in [0.1, 0.15) is 5.82 Å². The van der Waals surface area contributed by atoms with Gasteiger partial charge in [-0.15, -0.1) is 0 Å². The van der Waals surface area contributed by atoms with Crippen molar-refractivity contribution in [2.75, 3.05) is 0 Å². The van der Waals surface area contributed by atoms with E-state index in [0.717, 1.165) is 5.52 Å². The maximum Gasteiger partial charge on any atom is 0.228 e. The second-order valence-electron chi connectivity index (χ2n) is 6.14. The molecule has 4 nitrogen and oxygen atoms in total. The highest BCUT2D eigenvalue weighted by atomic mass is 35.5. The number of hydrogen-bond donors (Lipinski definition) is 1. The van der Waals surface area contributed by atoms with Crippen molar-refractivity contribution in [3.63, 3.8) is 0 Å². The van der Waals surface area contributed by atoms with E-state index in [2.05, 4.69) is 11.4 Å². The van der Waals surface area contributed by atoms with Gasteiger partial charge < -0.3 is 9.88 Å². The summed E-state index contributed by atoms with van der Waals surface area (Å²) in [6.07, 6.45) is 5.68. The molecule has 2 aromatic rings. The van der Waals surface area contributed by atoms with Crippen LogP contribution >= 0.6 is 11.6 Å². The number of carbonyl (C=O) groups excluding carboxylic acids is 1. The summed E-state index contributed by atoms with van der Waals surface area (Å²) in [4.78, 5) is 12.4. The van der Waals surface area contributed by atoms with Crippen LogP contribution in [0.15, 0.2) is 53.3 Å². The zero-order valence-corrected chi connectivity index (χ0v) is 14.4. The van der Waals surface area contributed by atoms with E-state index in [1.807, 2.05) is 17.6 Å². The van der Waals surface area contributed by atoms with E-state index in [-0.39, 0.29) is 23.6 Å². The van der Waals surface area contributed by atoms with E-state index in [1.54, 1.807) is 30.5 Å². The molecular weight excluding hydrogens is 341 g/mol. The van der Waals surface area contributed by atoms with Gasteiger partial charge in [0, 0.05) is 28.9 Å². The van der Waals surface area contributed by atoms with Crippen molar-refractivity contribution in [2.24, 2.45) is 11.8 Å². The number of aromatic nitrogens is 1. The minimum Gasteiger partial charge on any atom is -0.347 e. The monoisotopic (exact) mass is 357 g/mol. The molecule has 1 aromatic carbocycles. The van der Waals surface area contributed by atoms with E-state index in [0.29, 0.717) is 29.1 Å². The molecule has 1 N–H and O–H groups in total. The Morgan fingerprint density at radius 2 is 2.32 bits per heavy atom. The molecule has 1 aliphatic rings. The summed E-state index contributed by atoms with van der Waals surface area (Å²) in [5.41, 5.74) is 1.37. The Balaban J connectivity index is 1.68. The lowest BCUT2D eigenvalue weighted by molar-refractivity contribution is -0.124. The predicted molar refractivity (Wildman–Crippen MR) is 94.9 cm³/mol. The third-order valence-electron chi connectivity index (χ3n) is 4.30. The highest BCUT2D eigenvalue weighted by molar-refractivity contribution is 6.30. The van der Waals surface area contributed by atoms with Crippen LogP contribution in [0.1, 0.15) is 13.3 Å². The fourth-order valence-corrected chi connectivity index (χ4v) is 3.11. The van der Waals surface area contributed by atoms with Crippen LogP contribution < -0.4 is 5.32 Å². The summed E-state index contributed by atoms with van der Waals surface area (Å²) in [5, 5.41) is 12.8. The minimum atomic E-state index is -0.346. The first kappa shape index (κ1) is 17.2. The number of carbonyl (C=O) groups is 1. The minimum absolute atomic E-state index is 0.152. The number of nitriles is 1. The van der Waals surface area contributed by atoms with Gasteiger partial charge in [-0.2, -0.15) is 5.26 Å². The molecule has 0 bridgehead atoms. The molecule has 0 aliphatic heterocycles. The molecular formula is C19H17ClFN3O. The van der Waals surface area contributed by atoms with E-state index in [9.17, 15) is 9.18 Å². The van der Waals surface area contributed by atoms with Gasteiger partial charge in [0.2, 0.25) is 5.91 Å². The summed E-state index contributed by atoms with van der Waals surface area (Å²) >= 11 is 6.04. The van der Waals surface area contributed by atoms with Crippen LogP contribution in [0.3, 0.4) is 0 Å². The molecule has 0 fully saturated rings. The van der Waals surface area contributed by atoms with Crippen molar-refractivity contribution in [3.05, 3.63) is 59.2 Å². The molecule has 1 heterocycles. The fraction of sp³-hybridized carbons (Fsp3) is 0.263. The van der Waals surface area contributed by atoms with Gasteiger partial charge in [0.25, 0.3) is 0 Å². The van der Waals surface area contributed by atoms with Crippen LogP contribution in [0.5, 0.6) is 0 Å². The molecule has 1 aliphatic carbocycles. The Hall–Kier alpha value is -2.58. The van der Waals surface area contributed by atoms with Crippen LogP contribution in [-0.2, 0) is 11.3 Å². The van der Waals surface area contributed by atoms with Gasteiger partial charge >= 0.3 is 0 Å². The molecule has 0 saturated carbocycles. The third kappa shape index (κ3) is 3.59. The zero-order chi connectivity index (χ0) is 18.0. The summed E-state index contributed by atoms with van der Waals surface area (Å²) in [6.45, 7) is 2.25. The SMILES string of the molecule is C[C@H](Cn1ccc2c(F)cccc21)C(=O)NC1=CCC(C#N)C(Cl)=C1. The Kier molecular flexibility index (Phi) is 4.91. The molecule has 25 heavy (non-hydrogen) atoms. The van der Waals surface area contributed by atoms with Crippen LogP contribution in [-0.4, -0.2) is 10.5 Å². The molecule has 0 radical (unpaired) electrons. The molecule has 128 valence electrons. The third-order valence-corrected chi connectivity index (χ3v) is 4.67. The topological polar surface area (TPSA) is 57.8 Å². The molecule has 1 amide bonds. The summed E-state index contributed by atoms with van der Waals surface area (Å²) < 4.78 is 15.6. The first-order chi connectivity index (χ1) is 12.0. The number of nitrogens with one attached hydrogen (secondary N) is 1. The van der Waals surface area contributed by atoms with Gasteiger partial charge in [0.05, 0.1) is 23.4 Å². The van der Waals surface area contributed by atoms with Crippen LogP contribution in [0.4, 0.5) is 4.39 Å². The Morgan fingerprint density at radius 3 is 3.04 bits per heavy atom. The Bertz CT molecular complexity index is 922. The molecule has 0 spiro atoms. The number of nitrogens with zero attached hydrogens (tertiary/aromatic N) is 2. The number of benzene rings is 1. The number of amides is 1. The molecule has 2 atom stereocenters. The van der Waals surface area contributed by atoms with Gasteiger partial charge in [0.15, 0.2) is 0 Å². The molecule has 6 heteroatoms. The zero-order valence-electron chi connectivity index (χ0n) is 13.7. The van der Waals surface area contributed by atoms with Gasteiger partial charge in [-0.25, -0.2) is 4.39 Å². The van der Waals surface area contributed by atoms with Crippen molar-refractivity contribution in [1.82, 2.24) is 9.88 Å². The number of rotatable bonds is 4. The standard InChI is InChI=1S/C19H17ClFN3O/c1-12(11-24-8-7-15-17(21)3-2-4-18(15)24)19(25)23-14-6-5-13(10-22)16(20)9-14/h2-4,6-9,12-13H,5,11H2,1H3,(H,23,25)/t12-,13?/m1/s1. The average Bonchev–Trinajstić information content (AvgIpc) is 2.99. The lowest BCUT2D eigenvalue weighted by atomic mass is 10.0. The van der Waals surface area contributed by atoms with Crippen LogP contribution in [0.2, 0.25) is 0 Å². The highest BCUT2D eigenvalue weighted by Crippen LogP contribution is 2.25. The molecule has 0 saturated heterocycles. The lowest BCUT2D eigenvalue weighted by Gasteiger charge is -2.18. The maximum atomic E-state index is 13.8. The quantitative estimate of drug-likeness (QED) is 0.896. The smallest absolute Gasteiger partial charge is 0.228 e. The maximum absolute atomic E-state index is 13.8. The fourth-order valence-electron chi connectivity index (χ4n) is 2.86. The first-order valence-corrected chi connectivity index (χ1v) is 8.38. The van der Waals surface area contributed by atoms with Crippen molar-refractivity contribution in [1.29, 1.82) is 5.26 Å². The van der Waals surface area contributed by atoms with Crippen molar-refractivity contribution in [3.8, 4) is 6.07 Å². The summed E-state index contributed by atoms with van der Waals surface area (Å²) in [6, 6.07) is 8.73. The number of hydrogen-bond acceptors (Lipinski definition) is 2. The van der Waals surface area contributed by atoms with E-state index >= 15 is 0 Å². The highest BCUT2D eigenvalue weighted by Gasteiger charge is 2.19. The average molecular weight is 358 g/mol. The number of fused-ring (bicyclic) bond motifs is 1. The predicted octanol–water partition coefficient (Wildman–Crippen LogP) is 4.08. The normalized spacial score (nSPS) is 18.2. The van der Waals surface area contributed by atoms with Crippen molar-refractivity contribution in [2.45, 2.75) is 19.9 Å². The largest absolute Gasteiger partial charge is 0.347 e. The van der Waals surface area contributed by atoms with E-state index in [1.165, 1.54) is 6.07 Å². The van der Waals surface area contributed by atoms with E-state index in [4.69, 9.17) is 16.9 Å². The second kappa shape index (κ2) is 7.12. The molecule has 3 rings (SSSR count). The molecule has 1 unspecified atom stereocenters.